The van der Waals surface area contributed by atoms with Crippen molar-refractivity contribution in [2.45, 2.75) is 386 Å². The Labute approximate surface area is 524 Å². The highest BCUT2D eigenvalue weighted by atomic mass is 31.2. The van der Waals surface area contributed by atoms with Crippen LogP contribution in [0.1, 0.15) is 373 Å². The van der Waals surface area contributed by atoms with Crippen LogP contribution in [-0.2, 0) is 18.4 Å². The van der Waals surface area contributed by atoms with Crippen LogP contribution in [0.5, 0.6) is 0 Å². The van der Waals surface area contributed by atoms with Gasteiger partial charge in [0.2, 0.25) is 5.91 Å². The molecule has 0 bridgehead atoms. The van der Waals surface area contributed by atoms with Gasteiger partial charge in [0.25, 0.3) is 0 Å². The molecule has 0 aromatic heterocycles. The van der Waals surface area contributed by atoms with E-state index in [0.717, 1.165) is 64.2 Å². The summed E-state index contributed by atoms with van der Waals surface area (Å²) in [4.78, 5) is 23.5. The summed E-state index contributed by atoms with van der Waals surface area (Å²) in [6.07, 6.45) is 89.5. The fourth-order valence-electron chi connectivity index (χ4n) is 11.4. The molecule has 0 radical (unpaired) electrons. The van der Waals surface area contributed by atoms with Gasteiger partial charge in [-0.25, -0.2) is 4.57 Å². The molecule has 0 spiro atoms. The van der Waals surface area contributed by atoms with Crippen molar-refractivity contribution in [2.24, 2.45) is 0 Å². The lowest BCUT2D eigenvalue weighted by Gasteiger charge is -2.26. The Balaban J connectivity index is 3.93. The van der Waals surface area contributed by atoms with Crippen LogP contribution in [0.15, 0.2) is 48.6 Å². The third-order valence-corrected chi connectivity index (χ3v) is 18.1. The first-order valence-corrected chi connectivity index (χ1v) is 38.5. The van der Waals surface area contributed by atoms with E-state index in [0.29, 0.717) is 23.9 Å². The highest BCUT2D eigenvalue weighted by molar-refractivity contribution is 7.47. The summed E-state index contributed by atoms with van der Waals surface area (Å²) >= 11 is 0. The Kier molecular flexibility index (Phi) is 64.7. The van der Waals surface area contributed by atoms with Gasteiger partial charge in [0, 0.05) is 6.42 Å². The fourth-order valence-corrected chi connectivity index (χ4v) is 12.1. The largest absolute Gasteiger partial charge is 0.472 e. The molecule has 9 heteroatoms. The lowest BCUT2D eigenvalue weighted by Crippen LogP contribution is -2.46. The Morgan fingerprint density at radius 1 is 0.417 bits per heavy atom. The number of phosphoric ester groups is 1. The highest BCUT2D eigenvalue weighted by Crippen LogP contribution is 2.43. The van der Waals surface area contributed by atoms with Crippen LogP contribution in [0.3, 0.4) is 0 Å². The molecule has 3 unspecified atom stereocenters. The number of aliphatic hydroxyl groups excluding tert-OH is 1. The van der Waals surface area contributed by atoms with Crippen molar-refractivity contribution in [1.82, 2.24) is 5.32 Å². The molecule has 0 fully saturated rings. The maximum atomic E-state index is 13.1. The number of allylic oxidation sites excluding steroid dienone is 8. The van der Waals surface area contributed by atoms with Gasteiger partial charge in [-0.1, -0.05) is 364 Å². The first-order chi connectivity index (χ1) is 41.0. The SMILES string of the molecule is CC/C=C\C/C=C\C/C=C\C/C=C\CCCCCCCCCCCCCCCCCCCCCCCCCCC(=O)NC(COP(=O)(O)OCC[N+](C)(C)C)C(O)CCCCCCCCCCCCCCCCCCCCCCCCCCC. The normalized spacial score (nSPS) is 13.8. The molecule has 496 valence electrons. The average Bonchev–Trinajstić information content (AvgIpc) is 3.56. The summed E-state index contributed by atoms with van der Waals surface area (Å²) < 4.78 is 23.9. The molecule has 0 aromatic rings. The average molecular weight is 1200 g/mol. The van der Waals surface area contributed by atoms with Crippen molar-refractivity contribution < 1.29 is 32.9 Å². The van der Waals surface area contributed by atoms with E-state index < -0.39 is 20.0 Å². The number of hydrogen-bond donors (Lipinski definition) is 3. The van der Waals surface area contributed by atoms with E-state index in [1.165, 1.54) is 283 Å². The fraction of sp³-hybridized carbons (Fsp3) is 0.880. The molecule has 3 atom stereocenters. The van der Waals surface area contributed by atoms with Crippen LogP contribution in [-0.4, -0.2) is 73.4 Å². The number of rotatable bonds is 69. The summed E-state index contributed by atoms with van der Waals surface area (Å²) in [6.45, 7) is 4.84. The summed E-state index contributed by atoms with van der Waals surface area (Å²) in [5.74, 6) is -0.136. The highest BCUT2D eigenvalue weighted by Gasteiger charge is 2.28. The van der Waals surface area contributed by atoms with Crippen LogP contribution in [0.4, 0.5) is 0 Å². The van der Waals surface area contributed by atoms with Crippen molar-refractivity contribution in [3.63, 3.8) is 0 Å². The van der Waals surface area contributed by atoms with E-state index in [4.69, 9.17) is 9.05 Å². The van der Waals surface area contributed by atoms with Crippen molar-refractivity contribution in [3.05, 3.63) is 48.6 Å². The predicted molar refractivity (Wildman–Crippen MR) is 369 cm³/mol. The number of unbranched alkanes of at least 4 members (excludes halogenated alkanes) is 48. The maximum Gasteiger partial charge on any atom is 0.472 e. The van der Waals surface area contributed by atoms with Crippen molar-refractivity contribution in [3.8, 4) is 0 Å². The van der Waals surface area contributed by atoms with Crippen molar-refractivity contribution >= 4 is 13.7 Å². The zero-order valence-corrected chi connectivity index (χ0v) is 57.8. The van der Waals surface area contributed by atoms with Gasteiger partial charge in [-0.3, -0.25) is 13.8 Å². The summed E-state index contributed by atoms with van der Waals surface area (Å²) in [5, 5.41) is 14.2. The minimum atomic E-state index is -4.33. The lowest BCUT2D eigenvalue weighted by molar-refractivity contribution is -0.870. The Bertz CT molecular complexity index is 1510. The number of nitrogens with one attached hydrogen (secondary N) is 1. The minimum Gasteiger partial charge on any atom is -0.391 e. The molecular weight excluding hydrogens is 1060 g/mol. The monoisotopic (exact) mass is 1200 g/mol. The summed E-state index contributed by atoms with van der Waals surface area (Å²) in [7, 11) is 1.64. The Hall–Kier alpha value is -1.54. The summed E-state index contributed by atoms with van der Waals surface area (Å²) in [6, 6.07) is -0.761. The zero-order chi connectivity index (χ0) is 61.2. The number of aliphatic hydroxyl groups is 1. The van der Waals surface area contributed by atoms with Crippen LogP contribution in [0.2, 0.25) is 0 Å². The topological polar surface area (TPSA) is 105 Å². The van der Waals surface area contributed by atoms with E-state index >= 15 is 0 Å². The standard InChI is InChI=1S/C75H145N2O6P/c1-6-8-10-12-14-16-18-20-22-24-26-28-30-32-33-34-35-36-37-38-39-40-41-42-43-45-47-49-51-53-55-57-59-61-63-65-67-69-75(79)76-73(72-83-84(80,81)82-71-70-77(3,4)5)74(78)68-66-64-62-60-58-56-54-52-50-48-46-44-31-29-27-25-23-21-19-17-15-13-11-9-7-2/h8,10,14,16,20,22,26,28,73-74,78H,6-7,9,11-13,15,17-19,21,23-25,27,29-72H2,1-5H3,(H-,76,79,80,81)/p+1/b10-8-,16-14-,22-20-,28-26-. The van der Waals surface area contributed by atoms with E-state index in [2.05, 4.69) is 67.8 Å². The van der Waals surface area contributed by atoms with Crippen molar-refractivity contribution in [1.29, 1.82) is 0 Å². The van der Waals surface area contributed by atoms with Crippen LogP contribution in [0, 0.1) is 0 Å². The second-order valence-electron chi connectivity index (χ2n) is 26.7. The van der Waals surface area contributed by atoms with Gasteiger partial charge in [-0.15, -0.1) is 0 Å². The van der Waals surface area contributed by atoms with Crippen LogP contribution in [0.25, 0.3) is 0 Å². The molecule has 0 rings (SSSR count). The van der Waals surface area contributed by atoms with Gasteiger partial charge in [0.15, 0.2) is 0 Å². The smallest absolute Gasteiger partial charge is 0.391 e. The molecule has 0 aliphatic carbocycles. The molecular formula is C75H146N2O6P+. The van der Waals surface area contributed by atoms with Gasteiger partial charge < -0.3 is 19.8 Å². The van der Waals surface area contributed by atoms with Gasteiger partial charge in [-0.2, -0.15) is 0 Å². The van der Waals surface area contributed by atoms with Gasteiger partial charge in [-0.05, 0) is 51.4 Å². The second kappa shape index (κ2) is 65.9. The molecule has 84 heavy (non-hydrogen) atoms. The number of carbonyl (C=O) groups is 1. The predicted octanol–water partition coefficient (Wildman–Crippen LogP) is 23.8. The number of carbonyl (C=O) groups excluding carboxylic acids is 1. The lowest BCUT2D eigenvalue weighted by atomic mass is 10.0. The molecule has 0 heterocycles. The van der Waals surface area contributed by atoms with E-state index in [-0.39, 0.29) is 19.1 Å². The first-order valence-electron chi connectivity index (χ1n) is 37.0. The Morgan fingerprint density at radius 2 is 0.714 bits per heavy atom. The molecule has 8 nitrogen and oxygen atoms in total. The van der Waals surface area contributed by atoms with Gasteiger partial charge >= 0.3 is 7.82 Å². The summed E-state index contributed by atoms with van der Waals surface area (Å²) in [5.41, 5.74) is 0. The number of nitrogens with zero attached hydrogens (tertiary/aromatic N) is 1. The number of hydrogen-bond acceptors (Lipinski definition) is 5. The molecule has 0 saturated heterocycles. The molecule has 0 saturated carbocycles. The minimum absolute atomic E-state index is 0.0770. The van der Waals surface area contributed by atoms with E-state index in [1.807, 2.05) is 21.1 Å². The molecule has 0 aromatic carbocycles. The molecule has 0 aliphatic rings. The third-order valence-electron chi connectivity index (χ3n) is 17.1. The number of likely N-dealkylation sites (N-methyl/N-ethyl adjacent to an activating group) is 1. The number of amides is 1. The number of quaternary nitrogens is 1. The van der Waals surface area contributed by atoms with Crippen molar-refractivity contribution in [2.75, 3.05) is 40.9 Å². The molecule has 0 aliphatic heterocycles. The third kappa shape index (κ3) is 68.0. The Morgan fingerprint density at radius 3 is 1.05 bits per heavy atom. The maximum absolute atomic E-state index is 13.1. The molecule has 3 N–H and O–H groups in total. The van der Waals surface area contributed by atoms with E-state index in [1.54, 1.807) is 0 Å². The van der Waals surface area contributed by atoms with Crippen LogP contribution >= 0.6 is 7.82 Å². The van der Waals surface area contributed by atoms with Crippen LogP contribution < -0.4 is 5.32 Å². The quantitative estimate of drug-likeness (QED) is 0.0243. The van der Waals surface area contributed by atoms with Gasteiger partial charge in [0.05, 0.1) is 39.9 Å². The second-order valence-corrected chi connectivity index (χ2v) is 28.1. The number of phosphoric acid groups is 1. The molecule has 1 amide bonds. The first kappa shape index (κ1) is 82.5. The van der Waals surface area contributed by atoms with Gasteiger partial charge in [0.1, 0.15) is 13.2 Å². The zero-order valence-electron chi connectivity index (χ0n) is 56.9. The van der Waals surface area contributed by atoms with E-state index in [9.17, 15) is 19.4 Å².